The van der Waals surface area contributed by atoms with E-state index in [2.05, 4.69) is 5.32 Å². The number of carbonyl (C=O) groups is 1. The molecule has 0 atom stereocenters. The van der Waals surface area contributed by atoms with Crippen molar-refractivity contribution in [3.63, 3.8) is 0 Å². The Balaban J connectivity index is 1.63. The molecule has 0 fully saturated rings. The predicted octanol–water partition coefficient (Wildman–Crippen LogP) is 4.40. The molecule has 4 rings (SSSR count). The van der Waals surface area contributed by atoms with E-state index >= 15 is 0 Å². The van der Waals surface area contributed by atoms with Crippen LogP contribution in [0.4, 0.5) is 0 Å². The van der Waals surface area contributed by atoms with Crippen LogP contribution in [0.3, 0.4) is 0 Å². The summed E-state index contributed by atoms with van der Waals surface area (Å²) in [5, 5.41) is 7.65. The van der Waals surface area contributed by atoms with E-state index in [-0.39, 0.29) is 16.7 Å². The van der Waals surface area contributed by atoms with E-state index in [1.165, 1.54) is 24.0 Å². The number of nitrogens with zero attached hydrogens (tertiary/aromatic N) is 3. The van der Waals surface area contributed by atoms with Crippen molar-refractivity contribution in [2.24, 2.45) is 0 Å². The fourth-order valence-corrected chi connectivity index (χ4v) is 5.85. The molecule has 1 amide bonds. The highest BCUT2D eigenvalue weighted by Gasteiger charge is 2.21. The van der Waals surface area contributed by atoms with Gasteiger partial charge in [0, 0.05) is 30.7 Å². The van der Waals surface area contributed by atoms with Gasteiger partial charge in [-0.05, 0) is 55.3 Å². The molecular weight excluding hydrogens is 468 g/mol. The van der Waals surface area contributed by atoms with Crippen LogP contribution in [0.5, 0.6) is 0 Å². The monoisotopic (exact) mass is 494 g/mol. The summed E-state index contributed by atoms with van der Waals surface area (Å²) in [4.78, 5) is 14.0. The summed E-state index contributed by atoms with van der Waals surface area (Å²) in [5.41, 5.74) is 5.03. The number of carbonyl (C=O) groups excluding carboxylic acids is 1. The Hall–Kier alpha value is -3.27. The molecular formula is C25H26N4O3S2. The molecule has 2 aromatic carbocycles. The SMILES string of the molecule is Cc1ccc(-c2nn(-c3ccccc3)cc2C(=O)NCc2ccc(S(=O)(=O)N(C)C)s2)cc1C. The number of para-hydroxylation sites is 1. The van der Waals surface area contributed by atoms with E-state index in [9.17, 15) is 13.2 Å². The molecule has 0 spiro atoms. The van der Waals surface area contributed by atoms with Gasteiger partial charge in [-0.2, -0.15) is 5.10 Å². The van der Waals surface area contributed by atoms with Gasteiger partial charge in [0.25, 0.3) is 15.9 Å². The molecule has 0 saturated carbocycles. The fraction of sp³-hybridized carbons (Fsp3) is 0.200. The third-order valence-corrected chi connectivity index (χ3v) is 8.92. The number of hydrogen-bond donors (Lipinski definition) is 1. The second-order valence-corrected chi connectivity index (χ2v) is 11.7. The fourth-order valence-electron chi connectivity index (χ4n) is 3.39. The molecule has 2 aromatic heterocycles. The minimum Gasteiger partial charge on any atom is -0.347 e. The normalized spacial score (nSPS) is 11.7. The van der Waals surface area contributed by atoms with Gasteiger partial charge in [-0.25, -0.2) is 17.4 Å². The van der Waals surface area contributed by atoms with Crippen LogP contribution in [0.1, 0.15) is 26.4 Å². The van der Waals surface area contributed by atoms with Crippen molar-refractivity contribution in [3.05, 3.63) is 88.4 Å². The van der Waals surface area contributed by atoms with Gasteiger partial charge >= 0.3 is 0 Å². The summed E-state index contributed by atoms with van der Waals surface area (Å²) in [6.45, 7) is 4.29. The van der Waals surface area contributed by atoms with Crippen LogP contribution in [-0.2, 0) is 16.6 Å². The topological polar surface area (TPSA) is 84.3 Å². The molecule has 0 aliphatic heterocycles. The van der Waals surface area contributed by atoms with Crippen molar-refractivity contribution < 1.29 is 13.2 Å². The quantitative estimate of drug-likeness (QED) is 0.413. The summed E-state index contributed by atoms with van der Waals surface area (Å²) in [6, 6.07) is 18.9. The highest BCUT2D eigenvalue weighted by molar-refractivity contribution is 7.91. The van der Waals surface area contributed by atoms with Gasteiger partial charge in [0.15, 0.2) is 0 Å². The lowest BCUT2D eigenvalue weighted by Gasteiger charge is -2.08. The molecule has 9 heteroatoms. The largest absolute Gasteiger partial charge is 0.347 e. The van der Waals surface area contributed by atoms with Crippen molar-refractivity contribution in [1.29, 1.82) is 0 Å². The summed E-state index contributed by atoms with van der Waals surface area (Å²) < 4.78 is 27.8. The Morgan fingerprint density at radius 1 is 1.03 bits per heavy atom. The van der Waals surface area contributed by atoms with Crippen LogP contribution in [-0.4, -0.2) is 42.5 Å². The number of sulfonamides is 1. The first-order chi connectivity index (χ1) is 16.2. The Morgan fingerprint density at radius 2 is 1.76 bits per heavy atom. The molecule has 0 bridgehead atoms. The van der Waals surface area contributed by atoms with Gasteiger partial charge in [0.1, 0.15) is 9.90 Å². The highest BCUT2D eigenvalue weighted by Crippen LogP contribution is 2.27. The standard InChI is InChI=1S/C25H26N4O3S2/c1-17-10-11-19(14-18(17)2)24-22(16-29(27-24)20-8-6-5-7-9-20)25(30)26-15-21-12-13-23(33-21)34(31,32)28(3)4/h5-14,16H,15H2,1-4H3,(H,26,30). The Kier molecular flexibility index (Phi) is 6.70. The molecule has 1 N–H and O–H groups in total. The van der Waals surface area contributed by atoms with Crippen molar-refractivity contribution in [2.45, 2.75) is 24.6 Å². The molecule has 7 nitrogen and oxygen atoms in total. The molecule has 176 valence electrons. The number of aromatic nitrogens is 2. The molecule has 0 aliphatic carbocycles. The highest BCUT2D eigenvalue weighted by atomic mass is 32.2. The maximum Gasteiger partial charge on any atom is 0.255 e. The van der Waals surface area contributed by atoms with Crippen molar-refractivity contribution >= 4 is 27.3 Å². The number of rotatable bonds is 7. The zero-order valence-corrected chi connectivity index (χ0v) is 21.1. The van der Waals surface area contributed by atoms with E-state index in [1.807, 2.05) is 62.4 Å². The third-order valence-electron chi connectivity index (χ3n) is 5.56. The molecule has 2 heterocycles. The second kappa shape index (κ2) is 9.54. The average Bonchev–Trinajstić information content (AvgIpc) is 3.48. The van der Waals surface area contributed by atoms with Crippen molar-refractivity contribution in [3.8, 4) is 16.9 Å². The molecule has 0 radical (unpaired) electrons. The lowest BCUT2D eigenvalue weighted by Crippen LogP contribution is -2.22. The van der Waals surface area contributed by atoms with Crippen LogP contribution >= 0.6 is 11.3 Å². The number of amides is 1. The third kappa shape index (κ3) is 4.82. The first-order valence-corrected chi connectivity index (χ1v) is 12.9. The summed E-state index contributed by atoms with van der Waals surface area (Å²) in [6.07, 6.45) is 1.73. The molecule has 0 unspecified atom stereocenters. The van der Waals surface area contributed by atoms with Crippen LogP contribution in [0.15, 0.2) is 71.1 Å². The smallest absolute Gasteiger partial charge is 0.255 e. The van der Waals surface area contributed by atoms with Gasteiger partial charge in [0.05, 0.1) is 17.8 Å². The average molecular weight is 495 g/mol. The van der Waals surface area contributed by atoms with Gasteiger partial charge in [-0.3, -0.25) is 4.79 Å². The number of benzene rings is 2. The minimum absolute atomic E-state index is 0.218. The van der Waals surface area contributed by atoms with Crippen molar-refractivity contribution in [2.75, 3.05) is 14.1 Å². The number of nitrogens with one attached hydrogen (secondary N) is 1. The van der Waals surface area contributed by atoms with Gasteiger partial charge in [-0.15, -0.1) is 11.3 Å². The maximum absolute atomic E-state index is 13.2. The van der Waals surface area contributed by atoms with E-state index < -0.39 is 10.0 Å². The molecule has 0 saturated heterocycles. The first-order valence-electron chi connectivity index (χ1n) is 10.7. The van der Waals surface area contributed by atoms with Gasteiger partial charge in [-0.1, -0.05) is 30.3 Å². The zero-order chi connectivity index (χ0) is 24.5. The Morgan fingerprint density at radius 3 is 2.44 bits per heavy atom. The van der Waals surface area contributed by atoms with Crippen LogP contribution in [0, 0.1) is 13.8 Å². The maximum atomic E-state index is 13.2. The van der Waals surface area contributed by atoms with Crippen molar-refractivity contribution in [1.82, 2.24) is 19.4 Å². The number of hydrogen-bond acceptors (Lipinski definition) is 5. The van der Waals surface area contributed by atoms with E-state index in [1.54, 1.807) is 23.0 Å². The summed E-state index contributed by atoms with van der Waals surface area (Å²) in [5.74, 6) is -0.277. The zero-order valence-electron chi connectivity index (χ0n) is 19.4. The van der Waals surface area contributed by atoms with Gasteiger partial charge in [0.2, 0.25) is 0 Å². The first kappa shape index (κ1) is 23.9. The summed E-state index contributed by atoms with van der Waals surface area (Å²) >= 11 is 1.15. The molecule has 4 aromatic rings. The van der Waals surface area contributed by atoms with Crippen LogP contribution in [0.25, 0.3) is 16.9 Å². The number of aryl methyl sites for hydroxylation is 2. The molecule has 34 heavy (non-hydrogen) atoms. The minimum atomic E-state index is -3.50. The lowest BCUT2D eigenvalue weighted by atomic mass is 10.0. The second-order valence-electron chi connectivity index (χ2n) is 8.16. The predicted molar refractivity (Wildman–Crippen MR) is 135 cm³/mol. The lowest BCUT2D eigenvalue weighted by molar-refractivity contribution is 0.0952. The Bertz CT molecular complexity index is 1440. The Labute approximate surface area is 203 Å². The van der Waals surface area contributed by atoms with Gasteiger partial charge < -0.3 is 5.32 Å². The van der Waals surface area contributed by atoms with E-state index in [0.717, 1.165) is 33.0 Å². The molecule has 0 aliphatic rings. The van der Waals surface area contributed by atoms with E-state index in [0.29, 0.717) is 11.3 Å². The van der Waals surface area contributed by atoms with Crippen LogP contribution < -0.4 is 5.32 Å². The van der Waals surface area contributed by atoms with Crippen LogP contribution in [0.2, 0.25) is 0 Å². The van der Waals surface area contributed by atoms with E-state index in [4.69, 9.17) is 5.10 Å². The number of thiophene rings is 1. The summed E-state index contributed by atoms with van der Waals surface area (Å²) in [7, 11) is -0.508.